The molecule has 1 aromatic carbocycles. The summed E-state index contributed by atoms with van der Waals surface area (Å²) in [5, 5.41) is 24.9. The fraction of sp³-hybridized carbons (Fsp3) is 0.182. The van der Waals surface area contributed by atoms with Gasteiger partial charge in [0.2, 0.25) is 0 Å². The molecular formula is C11H10ClN7O3. The molecule has 114 valence electrons. The number of hydrazone groups is 1. The molecule has 2 rings (SSSR count). The highest BCUT2D eigenvalue weighted by Crippen LogP contribution is 2.14. The van der Waals surface area contributed by atoms with Crippen molar-refractivity contribution in [3.05, 3.63) is 45.0 Å². The molecule has 0 radical (unpaired) electrons. The highest BCUT2D eigenvalue weighted by Gasteiger charge is 2.15. The molecule has 0 bridgehead atoms. The Labute approximate surface area is 128 Å². The number of tetrazole rings is 1. The van der Waals surface area contributed by atoms with Gasteiger partial charge in [-0.25, -0.2) is 5.43 Å². The van der Waals surface area contributed by atoms with Crippen LogP contribution in [0.4, 0.5) is 5.95 Å². The molecule has 0 saturated carbocycles. The Kier molecular flexibility index (Phi) is 4.73. The lowest BCUT2D eigenvalue weighted by molar-refractivity contribution is -0.394. The number of hydrogen-bond acceptors (Lipinski definition) is 7. The van der Waals surface area contributed by atoms with Gasteiger partial charge in [-0.3, -0.25) is 4.79 Å². The Morgan fingerprint density at radius 3 is 2.86 bits per heavy atom. The fourth-order valence-corrected chi connectivity index (χ4v) is 1.69. The number of rotatable bonds is 5. The summed E-state index contributed by atoms with van der Waals surface area (Å²) in [6.45, 7) is 1.64. The first-order valence-electron chi connectivity index (χ1n) is 5.97. The predicted octanol–water partition coefficient (Wildman–Crippen LogP) is 1.04. The Hall–Kier alpha value is -2.88. The molecule has 11 heteroatoms. The largest absolute Gasteiger partial charge is 0.514 e. The van der Waals surface area contributed by atoms with E-state index < -0.39 is 16.8 Å². The van der Waals surface area contributed by atoms with Gasteiger partial charge in [-0.2, -0.15) is 5.10 Å². The standard InChI is InChI=1S/C11H10ClN7O3/c1-7(6-18-16-11(15-17-18)19(21)22)13-14-10(20)8-4-2-3-5-9(8)12/h2-5H,6H2,1H3,(H,14,20)/b13-7-. The van der Waals surface area contributed by atoms with Crippen molar-refractivity contribution >= 4 is 29.2 Å². The van der Waals surface area contributed by atoms with Crippen molar-refractivity contribution in [3.63, 3.8) is 0 Å². The number of carbonyl (C=O) groups is 1. The number of carbonyl (C=O) groups excluding carboxylic acids is 1. The molecule has 0 aliphatic heterocycles. The zero-order chi connectivity index (χ0) is 16.1. The second-order valence-electron chi connectivity index (χ2n) is 4.14. The van der Waals surface area contributed by atoms with Gasteiger partial charge < -0.3 is 10.1 Å². The van der Waals surface area contributed by atoms with Crippen molar-refractivity contribution in [2.45, 2.75) is 13.5 Å². The average Bonchev–Trinajstić information content (AvgIpc) is 2.94. The average molecular weight is 324 g/mol. The zero-order valence-corrected chi connectivity index (χ0v) is 12.1. The molecule has 1 heterocycles. The van der Waals surface area contributed by atoms with Gasteiger partial charge in [-0.1, -0.05) is 28.5 Å². The minimum atomic E-state index is -0.755. The highest BCUT2D eigenvalue weighted by atomic mass is 35.5. The summed E-state index contributed by atoms with van der Waals surface area (Å²) in [5.41, 5.74) is 3.04. The van der Waals surface area contributed by atoms with Crippen molar-refractivity contribution in [3.8, 4) is 0 Å². The second-order valence-corrected chi connectivity index (χ2v) is 4.55. The number of halogens is 1. The lowest BCUT2D eigenvalue weighted by Crippen LogP contribution is -2.21. The summed E-state index contributed by atoms with van der Waals surface area (Å²) < 4.78 is 0. The van der Waals surface area contributed by atoms with E-state index in [9.17, 15) is 14.9 Å². The minimum Gasteiger partial charge on any atom is -0.390 e. The molecule has 10 nitrogen and oxygen atoms in total. The van der Waals surface area contributed by atoms with Gasteiger partial charge in [0.15, 0.2) is 0 Å². The molecule has 0 aliphatic carbocycles. The molecular weight excluding hydrogens is 314 g/mol. The number of hydrogen-bond donors (Lipinski definition) is 1. The highest BCUT2D eigenvalue weighted by molar-refractivity contribution is 6.33. The molecule has 1 aromatic heterocycles. The van der Waals surface area contributed by atoms with Gasteiger partial charge in [0, 0.05) is 5.21 Å². The smallest absolute Gasteiger partial charge is 0.390 e. The molecule has 22 heavy (non-hydrogen) atoms. The zero-order valence-electron chi connectivity index (χ0n) is 11.3. The lowest BCUT2D eigenvalue weighted by Gasteiger charge is -2.03. The first kappa shape index (κ1) is 15.5. The van der Waals surface area contributed by atoms with Crippen LogP contribution in [0.15, 0.2) is 29.4 Å². The van der Waals surface area contributed by atoms with Gasteiger partial charge in [-0.15, -0.1) is 0 Å². The van der Waals surface area contributed by atoms with E-state index in [1.54, 1.807) is 31.2 Å². The van der Waals surface area contributed by atoms with Crippen molar-refractivity contribution in [2.75, 3.05) is 0 Å². The SMILES string of the molecule is C/C(Cn1nnc([N+](=O)[O-])n1)=N/NC(=O)c1ccccc1Cl. The monoisotopic (exact) mass is 323 g/mol. The van der Waals surface area contributed by atoms with Crippen molar-refractivity contribution in [2.24, 2.45) is 5.10 Å². The molecule has 0 atom stereocenters. The van der Waals surface area contributed by atoms with Crippen LogP contribution in [0.1, 0.15) is 17.3 Å². The maximum atomic E-state index is 11.9. The summed E-state index contributed by atoms with van der Waals surface area (Å²) in [6.07, 6.45) is 0. The Bertz CT molecular complexity index is 743. The van der Waals surface area contributed by atoms with E-state index in [-0.39, 0.29) is 12.1 Å². The number of nitro groups is 1. The molecule has 0 fully saturated rings. The van der Waals surface area contributed by atoms with Gasteiger partial charge in [-0.05, 0) is 24.0 Å². The number of benzene rings is 1. The second kappa shape index (κ2) is 6.72. The van der Waals surface area contributed by atoms with Crippen LogP contribution < -0.4 is 5.43 Å². The summed E-state index contributed by atoms with van der Waals surface area (Å²) in [6, 6.07) is 6.53. The first-order valence-corrected chi connectivity index (χ1v) is 6.35. The van der Waals surface area contributed by atoms with Crippen LogP contribution in [0.3, 0.4) is 0 Å². The normalized spacial score (nSPS) is 11.3. The predicted molar refractivity (Wildman–Crippen MR) is 76.5 cm³/mol. The molecule has 0 saturated heterocycles. The van der Waals surface area contributed by atoms with Crippen LogP contribution in [0.25, 0.3) is 0 Å². The van der Waals surface area contributed by atoms with E-state index in [4.69, 9.17) is 11.6 Å². The van der Waals surface area contributed by atoms with Gasteiger partial charge in [0.05, 0.1) is 26.5 Å². The number of nitrogens with one attached hydrogen (secondary N) is 1. The van der Waals surface area contributed by atoms with E-state index in [2.05, 4.69) is 25.9 Å². The molecule has 1 amide bonds. The Balaban J connectivity index is 1.99. The fourth-order valence-electron chi connectivity index (χ4n) is 1.47. The minimum absolute atomic E-state index is 0.0453. The maximum absolute atomic E-state index is 11.9. The topological polar surface area (TPSA) is 128 Å². The molecule has 2 aromatic rings. The van der Waals surface area contributed by atoms with Crippen LogP contribution in [0, 0.1) is 10.1 Å². The summed E-state index contributed by atoms with van der Waals surface area (Å²) >= 11 is 5.89. The number of amides is 1. The van der Waals surface area contributed by atoms with Crippen molar-refractivity contribution in [1.29, 1.82) is 0 Å². The van der Waals surface area contributed by atoms with Gasteiger partial charge in [0.1, 0.15) is 6.54 Å². The number of aromatic nitrogens is 4. The van der Waals surface area contributed by atoms with Crippen LogP contribution in [0.2, 0.25) is 5.02 Å². The summed E-state index contributed by atoms with van der Waals surface area (Å²) in [5.74, 6) is -1.07. The Morgan fingerprint density at radius 1 is 1.50 bits per heavy atom. The van der Waals surface area contributed by atoms with E-state index in [1.807, 2.05) is 0 Å². The quantitative estimate of drug-likeness (QED) is 0.497. The van der Waals surface area contributed by atoms with E-state index in [1.165, 1.54) is 0 Å². The third kappa shape index (κ3) is 3.82. The Morgan fingerprint density at radius 2 is 2.23 bits per heavy atom. The van der Waals surface area contributed by atoms with E-state index in [0.29, 0.717) is 10.7 Å². The summed E-state index contributed by atoms with van der Waals surface area (Å²) in [7, 11) is 0. The van der Waals surface area contributed by atoms with Gasteiger partial charge in [0.25, 0.3) is 5.91 Å². The molecule has 0 unspecified atom stereocenters. The summed E-state index contributed by atoms with van der Waals surface area (Å²) in [4.78, 5) is 22.5. The van der Waals surface area contributed by atoms with Crippen molar-refractivity contribution in [1.82, 2.24) is 25.6 Å². The van der Waals surface area contributed by atoms with Crippen LogP contribution in [0.5, 0.6) is 0 Å². The van der Waals surface area contributed by atoms with E-state index >= 15 is 0 Å². The molecule has 0 spiro atoms. The van der Waals surface area contributed by atoms with Gasteiger partial charge >= 0.3 is 5.95 Å². The third-order valence-corrected chi connectivity index (χ3v) is 2.77. The van der Waals surface area contributed by atoms with Crippen LogP contribution in [-0.2, 0) is 6.54 Å². The van der Waals surface area contributed by atoms with E-state index in [0.717, 1.165) is 4.80 Å². The number of nitrogens with zero attached hydrogens (tertiary/aromatic N) is 6. The molecule has 1 N–H and O–H groups in total. The van der Waals surface area contributed by atoms with Crippen LogP contribution >= 0.6 is 11.6 Å². The maximum Gasteiger partial charge on any atom is 0.514 e. The lowest BCUT2D eigenvalue weighted by atomic mass is 10.2. The molecule has 0 aliphatic rings. The van der Waals surface area contributed by atoms with Crippen LogP contribution in [-0.4, -0.2) is 36.7 Å². The first-order chi connectivity index (χ1) is 10.5. The third-order valence-electron chi connectivity index (χ3n) is 2.44. The van der Waals surface area contributed by atoms with Crippen molar-refractivity contribution < 1.29 is 9.72 Å².